The van der Waals surface area contributed by atoms with Gasteiger partial charge in [0.2, 0.25) is 11.8 Å². The molecule has 24 heavy (non-hydrogen) atoms. The normalized spacial score (nSPS) is 22.2. The van der Waals surface area contributed by atoms with E-state index in [1.165, 1.54) is 9.25 Å². The first kappa shape index (κ1) is 16.7. The summed E-state index contributed by atoms with van der Waals surface area (Å²) in [6.45, 7) is 0.917. The highest BCUT2D eigenvalue weighted by molar-refractivity contribution is 5.88. The molecule has 1 atom stereocenters. The Bertz CT molecular complexity index is 688. The number of rotatable bonds is 4. The van der Waals surface area contributed by atoms with Crippen molar-refractivity contribution in [3.8, 4) is 0 Å². The molecule has 1 aliphatic carbocycles. The minimum atomic E-state index is -0.457. The van der Waals surface area contributed by atoms with E-state index in [2.05, 4.69) is 10.4 Å². The number of aromatic nitrogens is 3. The van der Waals surface area contributed by atoms with E-state index in [-0.39, 0.29) is 23.4 Å². The molecule has 1 aliphatic heterocycles. The molecule has 1 N–H and O–H groups in total. The second-order valence-corrected chi connectivity index (χ2v) is 6.83. The van der Waals surface area contributed by atoms with Crippen molar-refractivity contribution in [3.63, 3.8) is 0 Å². The first-order valence-corrected chi connectivity index (χ1v) is 8.65. The van der Waals surface area contributed by atoms with E-state index in [0.717, 1.165) is 32.1 Å². The molecule has 2 heterocycles. The minimum Gasteiger partial charge on any atom is -0.344 e. The van der Waals surface area contributed by atoms with Gasteiger partial charge in [-0.15, -0.1) is 0 Å². The Morgan fingerprint density at radius 2 is 1.92 bits per heavy atom. The molecular formula is C16H25N5O3. The van der Waals surface area contributed by atoms with Crippen LogP contribution in [0.3, 0.4) is 0 Å². The van der Waals surface area contributed by atoms with Gasteiger partial charge in [-0.2, -0.15) is 5.10 Å². The molecule has 0 spiro atoms. The molecule has 8 heteroatoms. The molecule has 0 radical (unpaired) electrons. The van der Waals surface area contributed by atoms with Crippen molar-refractivity contribution >= 4 is 11.8 Å². The quantitative estimate of drug-likeness (QED) is 0.833. The van der Waals surface area contributed by atoms with Gasteiger partial charge in [-0.05, 0) is 32.1 Å². The van der Waals surface area contributed by atoms with E-state index in [9.17, 15) is 14.4 Å². The van der Waals surface area contributed by atoms with Crippen LogP contribution in [-0.4, -0.2) is 43.6 Å². The van der Waals surface area contributed by atoms with Crippen LogP contribution in [0.15, 0.2) is 4.79 Å². The maximum atomic E-state index is 12.8. The summed E-state index contributed by atoms with van der Waals surface area (Å²) in [4.78, 5) is 38.5. The number of amides is 2. The average Bonchev–Trinajstić information content (AvgIpc) is 2.64. The summed E-state index contributed by atoms with van der Waals surface area (Å²) >= 11 is 0. The lowest BCUT2D eigenvalue weighted by atomic mass is 9.84. The van der Waals surface area contributed by atoms with E-state index < -0.39 is 6.04 Å². The van der Waals surface area contributed by atoms with E-state index in [0.29, 0.717) is 25.3 Å². The van der Waals surface area contributed by atoms with Gasteiger partial charge >= 0.3 is 5.69 Å². The summed E-state index contributed by atoms with van der Waals surface area (Å²) in [5.74, 6) is 0.567. The van der Waals surface area contributed by atoms with Crippen molar-refractivity contribution in [2.45, 2.75) is 51.1 Å². The average molecular weight is 335 g/mol. The minimum absolute atomic E-state index is 0.00619. The van der Waals surface area contributed by atoms with Crippen LogP contribution in [0, 0.1) is 5.92 Å². The predicted molar refractivity (Wildman–Crippen MR) is 87.0 cm³/mol. The zero-order chi connectivity index (χ0) is 17.3. The highest BCUT2D eigenvalue weighted by Gasteiger charge is 2.32. The molecule has 1 aromatic rings. The first-order valence-electron chi connectivity index (χ1n) is 8.65. The molecule has 0 aromatic carbocycles. The van der Waals surface area contributed by atoms with Crippen molar-refractivity contribution in [2.24, 2.45) is 20.0 Å². The number of nitrogens with zero attached hydrogens (tertiary/aromatic N) is 4. The van der Waals surface area contributed by atoms with Gasteiger partial charge in [-0.3, -0.25) is 14.2 Å². The Hall–Kier alpha value is -2.12. The van der Waals surface area contributed by atoms with Crippen LogP contribution in [0.2, 0.25) is 0 Å². The smallest absolute Gasteiger partial charge is 0.344 e. The Labute approximate surface area is 140 Å². The molecule has 1 aromatic heterocycles. The van der Waals surface area contributed by atoms with E-state index in [1.807, 2.05) is 0 Å². The van der Waals surface area contributed by atoms with Gasteiger partial charge in [0.15, 0.2) is 5.82 Å². The summed E-state index contributed by atoms with van der Waals surface area (Å²) in [6.07, 6.45) is 5.41. The SMILES string of the molecule is Cn1nc(CN2CCCCC(NC(=O)C3CCC3)C2=O)n(C)c1=O. The summed E-state index contributed by atoms with van der Waals surface area (Å²) in [6, 6.07) is -0.457. The molecule has 1 saturated heterocycles. The maximum absolute atomic E-state index is 12.8. The molecule has 1 saturated carbocycles. The van der Waals surface area contributed by atoms with Crippen LogP contribution in [0.5, 0.6) is 0 Å². The third kappa shape index (κ3) is 3.22. The van der Waals surface area contributed by atoms with Crippen LogP contribution in [-0.2, 0) is 30.2 Å². The number of aryl methyl sites for hydroxylation is 1. The Morgan fingerprint density at radius 1 is 1.17 bits per heavy atom. The Balaban J connectivity index is 1.70. The van der Waals surface area contributed by atoms with Crippen LogP contribution >= 0.6 is 0 Å². The summed E-state index contributed by atoms with van der Waals surface area (Å²) in [7, 11) is 3.25. The van der Waals surface area contributed by atoms with Crippen LogP contribution < -0.4 is 11.0 Å². The highest BCUT2D eigenvalue weighted by atomic mass is 16.2. The topological polar surface area (TPSA) is 89.2 Å². The molecule has 2 fully saturated rings. The monoisotopic (exact) mass is 335 g/mol. The Morgan fingerprint density at radius 3 is 2.50 bits per heavy atom. The van der Waals surface area contributed by atoms with Crippen LogP contribution in [0.4, 0.5) is 0 Å². The predicted octanol–water partition coefficient (Wildman–Crippen LogP) is -0.0838. The fourth-order valence-electron chi connectivity index (χ4n) is 3.27. The second-order valence-electron chi connectivity index (χ2n) is 6.83. The third-order valence-electron chi connectivity index (χ3n) is 5.12. The number of nitrogens with one attached hydrogen (secondary N) is 1. The fraction of sp³-hybridized carbons (Fsp3) is 0.750. The van der Waals surface area contributed by atoms with E-state index in [4.69, 9.17) is 0 Å². The molecule has 1 unspecified atom stereocenters. The van der Waals surface area contributed by atoms with Crippen molar-refractivity contribution in [1.82, 2.24) is 24.6 Å². The lowest BCUT2D eigenvalue weighted by molar-refractivity contribution is -0.138. The van der Waals surface area contributed by atoms with Crippen molar-refractivity contribution in [2.75, 3.05) is 6.54 Å². The first-order chi connectivity index (χ1) is 11.5. The molecule has 132 valence electrons. The summed E-state index contributed by atoms with van der Waals surface area (Å²) in [5.41, 5.74) is -0.206. The molecule has 2 amide bonds. The van der Waals surface area contributed by atoms with Gasteiger partial charge < -0.3 is 10.2 Å². The van der Waals surface area contributed by atoms with E-state index in [1.54, 1.807) is 19.0 Å². The van der Waals surface area contributed by atoms with Crippen molar-refractivity contribution in [3.05, 3.63) is 16.3 Å². The molecule has 2 aliphatic rings. The van der Waals surface area contributed by atoms with Gasteiger partial charge in [-0.25, -0.2) is 9.48 Å². The fourth-order valence-corrected chi connectivity index (χ4v) is 3.27. The number of hydrogen-bond acceptors (Lipinski definition) is 4. The highest BCUT2D eigenvalue weighted by Crippen LogP contribution is 2.26. The molecule has 0 bridgehead atoms. The Kier molecular flexibility index (Phi) is 4.73. The van der Waals surface area contributed by atoms with Gasteiger partial charge in [0.1, 0.15) is 6.04 Å². The number of carbonyl (C=O) groups is 2. The second kappa shape index (κ2) is 6.78. The molecular weight excluding hydrogens is 310 g/mol. The van der Waals surface area contributed by atoms with Gasteiger partial charge in [0, 0.05) is 26.6 Å². The summed E-state index contributed by atoms with van der Waals surface area (Å²) in [5, 5.41) is 7.12. The third-order valence-corrected chi connectivity index (χ3v) is 5.12. The lowest BCUT2D eigenvalue weighted by Crippen LogP contribution is -2.49. The summed E-state index contributed by atoms with van der Waals surface area (Å²) < 4.78 is 2.73. The van der Waals surface area contributed by atoms with Crippen LogP contribution in [0.25, 0.3) is 0 Å². The van der Waals surface area contributed by atoms with Crippen LogP contribution in [0.1, 0.15) is 44.3 Å². The van der Waals surface area contributed by atoms with Gasteiger partial charge in [0.05, 0.1) is 6.54 Å². The van der Waals surface area contributed by atoms with Crippen molar-refractivity contribution < 1.29 is 9.59 Å². The number of hydrogen-bond donors (Lipinski definition) is 1. The molecule has 8 nitrogen and oxygen atoms in total. The lowest BCUT2D eigenvalue weighted by Gasteiger charge is -2.28. The van der Waals surface area contributed by atoms with Crippen molar-refractivity contribution in [1.29, 1.82) is 0 Å². The number of likely N-dealkylation sites (tertiary alicyclic amines) is 1. The standard InChI is InChI=1S/C16H25N5O3/c1-19-13(18-20(2)16(19)24)10-21-9-4-3-8-12(15(21)23)17-14(22)11-6-5-7-11/h11-12H,3-10H2,1-2H3,(H,17,22). The molecule has 3 rings (SSSR count). The van der Waals surface area contributed by atoms with E-state index >= 15 is 0 Å². The number of carbonyl (C=O) groups excluding carboxylic acids is 2. The zero-order valence-electron chi connectivity index (χ0n) is 14.3. The zero-order valence-corrected chi connectivity index (χ0v) is 14.3. The van der Waals surface area contributed by atoms with Gasteiger partial charge in [0.25, 0.3) is 0 Å². The largest absolute Gasteiger partial charge is 0.345 e. The maximum Gasteiger partial charge on any atom is 0.345 e. The van der Waals surface area contributed by atoms with Gasteiger partial charge in [-0.1, -0.05) is 6.42 Å².